The Morgan fingerprint density at radius 2 is 2.25 bits per heavy atom. The first-order chi connectivity index (χ1) is 9.54. The van der Waals surface area contributed by atoms with Crippen molar-refractivity contribution in [1.29, 1.82) is 0 Å². The van der Waals surface area contributed by atoms with Crippen LogP contribution in [0, 0.1) is 5.92 Å². The van der Waals surface area contributed by atoms with E-state index in [0.717, 1.165) is 10.9 Å². The topological polar surface area (TPSA) is 82.3 Å². The van der Waals surface area contributed by atoms with E-state index >= 15 is 0 Å². The minimum atomic E-state index is -0.304. The van der Waals surface area contributed by atoms with Gasteiger partial charge in [-0.2, -0.15) is 0 Å². The van der Waals surface area contributed by atoms with Crippen LogP contribution < -0.4 is 5.73 Å². The summed E-state index contributed by atoms with van der Waals surface area (Å²) in [5.41, 5.74) is 7.92. The van der Waals surface area contributed by atoms with Gasteiger partial charge in [-0.25, -0.2) is 0 Å². The molecule has 5 heteroatoms. The molecule has 2 unspecified atom stereocenters. The molecule has 1 aromatic heterocycles. The molecule has 1 saturated heterocycles. The Kier molecular flexibility index (Phi) is 3.14. The average Bonchev–Trinajstić information content (AvgIpc) is 2.84. The lowest BCUT2D eigenvalue weighted by Crippen LogP contribution is -2.45. The standard InChI is InChI=1S/C15H19N3O2/c1-9-8-18(5-4-14(9)19)15(20)13-7-10-6-11(16)2-3-12(10)17-13/h2-3,6-7,9,14,17,19H,4-5,8,16H2,1H3. The number of nitrogens with two attached hydrogens (primary N) is 1. The number of hydrogen-bond donors (Lipinski definition) is 3. The third-order valence-electron chi connectivity index (χ3n) is 4.02. The Morgan fingerprint density at radius 1 is 1.45 bits per heavy atom. The number of anilines is 1. The van der Waals surface area contributed by atoms with Crippen molar-refractivity contribution in [3.05, 3.63) is 30.0 Å². The Balaban J connectivity index is 1.85. The highest BCUT2D eigenvalue weighted by molar-refractivity contribution is 5.98. The fraction of sp³-hybridized carbons (Fsp3) is 0.400. The fourth-order valence-corrected chi connectivity index (χ4v) is 2.75. The summed E-state index contributed by atoms with van der Waals surface area (Å²) < 4.78 is 0. The number of H-pyrrole nitrogens is 1. The van der Waals surface area contributed by atoms with E-state index in [1.165, 1.54) is 0 Å². The fourth-order valence-electron chi connectivity index (χ4n) is 2.75. The number of nitrogen functional groups attached to an aromatic ring is 1. The van der Waals surface area contributed by atoms with Crippen LogP contribution in [-0.2, 0) is 0 Å². The molecule has 1 aliphatic rings. The SMILES string of the molecule is CC1CN(C(=O)c2cc3cc(N)ccc3[nH]2)CCC1O. The third kappa shape index (κ3) is 2.25. The van der Waals surface area contributed by atoms with E-state index in [1.807, 2.05) is 31.2 Å². The van der Waals surface area contributed by atoms with Crippen LogP contribution >= 0.6 is 0 Å². The highest BCUT2D eigenvalue weighted by Crippen LogP contribution is 2.22. The number of nitrogens with zero attached hydrogens (tertiary/aromatic N) is 1. The van der Waals surface area contributed by atoms with Crippen molar-refractivity contribution in [2.45, 2.75) is 19.4 Å². The number of nitrogens with one attached hydrogen (secondary N) is 1. The second-order valence-corrected chi connectivity index (χ2v) is 5.61. The Hall–Kier alpha value is -2.01. The molecule has 2 atom stereocenters. The molecule has 1 amide bonds. The number of hydrogen-bond acceptors (Lipinski definition) is 3. The van der Waals surface area contributed by atoms with Gasteiger partial charge in [0.05, 0.1) is 6.10 Å². The molecule has 0 bridgehead atoms. The predicted molar refractivity (Wildman–Crippen MR) is 78.4 cm³/mol. The number of rotatable bonds is 1. The maximum atomic E-state index is 12.5. The first-order valence-electron chi connectivity index (χ1n) is 6.90. The molecule has 0 spiro atoms. The van der Waals surface area contributed by atoms with E-state index in [0.29, 0.717) is 30.9 Å². The molecule has 1 aliphatic heterocycles. The third-order valence-corrected chi connectivity index (χ3v) is 4.02. The Morgan fingerprint density at radius 3 is 3.00 bits per heavy atom. The van der Waals surface area contributed by atoms with Gasteiger partial charge in [-0.3, -0.25) is 4.79 Å². The second-order valence-electron chi connectivity index (χ2n) is 5.61. The monoisotopic (exact) mass is 273 g/mol. The van der Waals surface area contributed by atoms with Gasteiger partial charge in [0.15, 0.2) is 0 Å². The molecule has 4 N–H and O–H groups in total. The summed E-state index contributed by atoms with van der Waals surface area (Å²) in [6.45, 7) is 3.16. The molecule has 2 aromatic rings. The minimum absolute atomic E-state index is 0.0153. The van der Waals surface area contributed by atoms with Gasteiger partial charge in [0.2, 0.25) is 0 Å². The first kappa shape index (κ1) is 13.0. The van der Waals surface area contributed by atoms with Crippen molar-refractivity contribution in [2.24, 2.45) is 5.92 Å². The number of aliphatic hydroxyl groups excluding tert-OH is 1. The van der Waals surface area contributed by atoms with E-state index in [2.05, 4.69) is 4.98 Å². The highest BCUT2D eigenvalue weighted by atomic mass is 16.3. The number of amides is 1. The van der Waals surface area contributed by atoms with Gasteiger partial charge in [0.25, 0.3) is 5.91 Å². The largest absolute Gasteiger partial charge is 0.399 e. The maximum absolute atomic E-state index is 12.5. The highest BCUT2D eigenvalue weighted by Gasteiger charge is 2.28. The zero-order valence-corrected chi connectivity index (χ0v) is 11.5. The number of aliphatic hydroxyl groups is 1. The van der Waals surface area contributed by atoms with Gasteiger partial charge < -0.3 is 20.7 Å². The van der Waals surface area contributed by atoms with Crippen molar-refractivity contribution >= 4 is 22.5 Å². The number of benzene rings is 1. The lowest BCUT2D eigenvalue weighted by molar-refractivity contribution is 0.0294. The van der Waals surface area contributed by atoms with Gasteiger partial charge >= 0.3 is 0 Å². The summed E-state index contributed by atoms with van der Waals surface area (Å²) in [6.07, 6.45) is 0.335. The van der Waals surface area contributed by atoms with Crippen LogP contribution in [-0.4, -0.2) is 40.1 Å². The van der Waals surface area contributed by atoms with Gasteiger partial charge in [-0.15, -0.1) is 0 Å². The molecular formula is C15H19N3O2. The summed E-state index contributed by atoms with van der Waals surface area (Å²) in [7, 11) is 0. The molecule has 0 saturated carbocycles. The Labute approximate surface area is 117 Å². The molecular weight excluding hydrogens is 254 g/mol. The summed E-state index contributed by atoms with van der Waals surface area (Å²) in [4.78, 5) is 17.4. The minimum Gasteiger partial charge on any atom is -0.399 e. The molecule has 20 heavy (non-hydrogen) atoms. The molecule has 3 rings (SSSR count). The lowest BCUT2D eigenvalue weighted by Gasteiger charge is -2.34. The molecule has 0 radical (unpaired) electrons. The predicted octanol–water partition coefficient (Wildman–Crippen LogP) is 1.59. The van der Waals surface area contributed by atoms with Gasteiger partial charge in [-0.05, 0) is 36.6 Å². The smallest absolute Gasteiger partial charge is 0.270 e. The van der Waals surface area contributed by atoms with Crippen molar-refractivity contribution in [2.75, 3.05) is 18.8 Å². The molecule has 1 aromatic carbocycles. The van der Waals surface area contributed by atoms with Crippen molar-refractivity contribution in [3.8, 4) is 0 Å². The quantitative estimate of drug-likeness (QED) is 0.690. The summed E-state index contributed by atoms with van der Waals surface area (Å²) in [6, 6.07) is 7.38. The van der Waals surface area contributed by atoms with Gasteiger partial charge in [-0.1, -0.05) is 6.92 Å². The van der Waals surface area contributed by atoms with Gasteiger partial charge in [0.1, 0.15) is 5.69 Å². The van der Waals surface area contributed by atoms with E-state index in [4.69, 9.17) is 5.73 Å². The van der Waals surface area contributed by atoms with Crippen LogP contribution in [0.5, 0.6) is 0 Å². The number of piperidine rings is 1. The number of aromatic amines is 1. The van der Waals surface area contributed by atoms with Crippen molar-refractivity contribution < 1.29 is 9.90 Å². The van der Waals surface area contributed by atoms with E-state index in [1.54, 1.807) is 4.90 Å². The number of fused-ring (bicyclic) bond motifs is 1. The number of carbonyl (C=O) groups excluding carboxylic acids is 1. The van der Waals surface area contributed by atoms with E-state index in [-0.39, 0.29) is 17.9 Å². The van der Waals surface area contributed by atoms with Crippen LogP contribution in [0.1, 0.15) is 23.8 Å². The maximum Gasteiger partial charge on any atom is 0.270 e. The molecule has 2 heterocycles. The van der Waals surface area contributed by atoms with Crippen LogP contribution in [0.2, 0.25) is 0 Å². The molecule has 1 fully saturated rings. The van der Waals surface area contributed by atoms with Crippen molar-refractivity contribution in [3.63, 3.8) is 0 Å². The normalized spacial score (nSPS) is 23.2. The Bertz CT molecular complexity index is 650. The number of aromatic nitrogens is 1. The van der Waals surface area contributed by atoms with Crippen LogP contribution in [0.3, 0.4) is 0 Å². The number of likely N-dealkylation sites (tertiary alicyclic amines) is 1. The molecule has 0 aliphatic carbocycles. The lowest BCUT2D eigenvalue weighted by atomic mass is 9.96. The van der Waals surface area contributed by atoms with Crippen LogP contribution in [0.4, 0.5) is 5.69 Å². The van der Waals surface area contributed by atoms with Gasteiger partial charge in [0, 0.05) is 29.7 Å². The summed E-state index contributed by atoms with van der Waals surface area (Å²) >= 11 is 0. The number of carbonyl (C=O) groups is 1. The van der Waals surface area contributed by atoms with Crippen LogP contribution in [0.25, 0.3) is 10.9 Å². The zero-order valence-electron chi connectivity index (χ0n) is 11.5. The second kappa shape index (κ2) is 4.83. The van der Waals surface area contributed by atoms with Crippen molar-refractivity contribution in [1.82, 2.24) is 9.88 Å². The van der Waals surface area contributed by atoms with E-state index in [9.17, 15) is 9.90 Å². The zero-order chi connectivity index (χ0) is 14.3. The first-order valence-corrected chi connectivity index (χ1v) is 6.90. The van der Waals surface area contributed by atoms with E-state index < -0.39 is 0 Å². The summed E-state index contributed by atoms with van der Waals surface area (Å²) in [5.74, 6) is 0.103. The molecule has 106 valence electrons. The summed E-state index contributed by atoms with van der Waals surface area (Å²) in [5, 5.41) is 10.7. The average molecular weight is 273 g/mol. The molecule has 5 nitrogen and oxygen atoms in total. The van der Waals surface area contributed by atoms with Crippen LogP contribution in [0.15, 0.2) is 24.3 Å².